The first-order valence-electron chi connectivity index (χ1n) is 6.02. The van der Waals surface area contributed by atoms with Crippen LogP contribution in [0.1, 0.15) is 6.92 Å². The van der Waals surface area contributed by atoms with Crippen molar-refractivity contribution < 1.29 is 19.5 Å². The van der Waals surface area contributed by atoms with Crippen LogP contribution in [0.4, 0.5) is 5.69 Å². The Bertz CT molecular complexity index is 559. The van der Waals surface area contributed by atoms with E-state index < -0.39 is 6.04 Å². The van der Waals surface area contributed by atoms with E-state index in [4.69, 9.17) is 9.47 Å². The molecule has 0 aliphatic carbocycles. The third kappa shape index (κ3) is 2.27. The predicted molar refractivity (Wildman–Crippen MR) is 73.5 cm³/mol. The van der Waals surface area contributed by atoms with E-state index in [2.05, 4.69) is 5.10 Å². The second-order valence-corrected chi connectivity index (χ2v) is 4.39. The molecule has 0 spiro atoms. The summed E-state index contributed by atoms with van der Waals surface area (Å²) in [5.41, 5.74) is 0.945. The first kappa shape index (κ1) is 14.1. The fraction of sp³-hybridized carbons (Fsp3) is 0.385. The van der Waals surface area contributed by atoms with Gasteiger partial charge in [0.15, 0.2) is 17.5 Å². The normalized spacial score (nSPS) is 18.1. The van der Waals surface area contributed by atoms with Crippen molar-refractivity contribution in [3.8, 4) is 11.5 Å². The van der Waals surface area contributed by atoms with Gasteiger partial charge in [-0.05, 0) is 19.1 Å². The summed E-state index contributed by atoms with van der Waals surface area (Å²) < 4.78 is 10.3. The zero-order chi connectivity index (χ0) is 14.9. The highest BCUT2D eigenvalue weighted by molar-refractivity contribution is 6.12. The number of benzene rings is 1. The Morgan fingerprint density at radius 2 is 1.95 bits per heavy atom. The Labute approximate surface area is 117 Å². The topological polar surface area (TPSA) is 74.6 Å². The fourth-order valence-corrected chi connectivity index (χ4v) is 2.09. The maximum absolute atomic E-state index is 12.0. The molecule has 108 valence electrons. The summed E-state index contributed by atoms with van der Waals surface area (Å²) in [6.07, 6.45) is 0. The minimum atomic E-state index is -0.821. The molecule has 1 amide bonds. The minimum Gasteiger partial charge on any atom is -0.493 e. The second-order valence-electron chi connectivity index (χ2n) is 4.39. The molecule has 0 fully saturated rings. The van der Waals surface area contributed by atoms with Gasteiger partial charge < -0.3 is 9.47 Å². The Morgan fingerprint density at radius 3 is 2.45 bits per heavy atom. The van der Waals surface area contributed by atoms with Crippen LogP contribution < -0.4 is 14.5 Å². The summed E-state index contributed by atoms with van der Waals surface area (Å²) >= 11 is 0. The highest BCUT2D eigenvalue weighted by Crippen LogP contribution is 2.32. The smallest absolute Gasteiger partial charge is 0.273 e. The van der Waals surface area contributed by atoms with Crippen molar-refractivity contribution in [1.82, 2.24) is 5.01 Å². The number of amides is 1. The van der Waals surface area contributed by atoms with Gasteiger partial charge in [0.25, 0.3) is 5.91 Å². The highest BCUT2D eigenvalue weighted by Gasteiger charge is 2.36. The summed E-state index contributed by atoms with van der Waals surface area (Å²) in [4.78, 5) is 12.0. The van der Waals surface area contributed by atoms with Gasteiger partial charge in [0.2, 0.25) is 0 Å². The van der Waals surface area contributed by atoms with E-state index in [0.717, 1.165) is 5.06 Å². The first-order valence-corrected chi connectivity index (χ1v) is 6.02. The van der Waals surface area contributed by atoms with Gasteiger partial charge in [-0.2, -0.15) is 5.10 Å². The molecule has 0 saturated heterocycles. The number of methoxy groups -OCH3 is 2. The number of carbonyl (C=O) groups excluding carboxylic acids is 1. The highest BCUT2D eigenvalue weighted by atomic mass is 16.5. The zero-order valence-electron chi connectivity index (χ0n) is 11.8. The first-order chi connectivity index (χ1) is 9.49. The van der Waals surface area contributed by atoms with E-state index in [-0.39, 0.29) is 5.91 Å². The van der Waals surface area contributed by atoms with Crippen molar-refractivity contribution in [2.24, 2.45) is 5.10 Å². The quantitative estimate of drug-likeness (QED) is 0.836. The molecule has 1 aromatic rings. The van der Waals surface area contributed by atoms with E-state index in [1.165, 1.54) is 19.2 Å². The Balaban J connectivity index is 2.32. The number of rotatable bonds is 4. The van der Waals surface area contributed by atoms with Gasteiger partial charge in [-0.3, -0.25) is 10.0 Å². The van der Waals surface area contributed by atoms with Crippen LogP contribution in [0.25, 0.3) is 0 Å². The largest absolute Gasteiger partial charge is 0.493 e. The van der Waals surface area contributed by atoms with Gasteiger partial charge in [-0.25, -0.2) is 10.1 Å². The molecule has 1 atom stereocenters. The summed E-state index contributed by atoms with van der Waals surface area (Å²) in [7, 11) is 4.58. The summed E-state index contributed by atoms with van der Waals surface area (Å²) in [5, 5.41) is 16.4. The van der Waals surface area contributed by atoms with Crippen molar-refractivity contribution >= 4 is 17.3 Å². The molecule has 0 bridgehead atoms. The van der Waals surface area contributed by atoms with Gasteiger partial charge in [0, 0.05) is 13.1 Å². The van der Waals surface area contributed by atoms with Crippen molar-refractivity contribution in [1.29, 1.82) is 0 Å². The van der Waals surface area contributed by atoms with Gasteiger partial charge in [0.05, 0.1) is 25.6 Å². The molecule has 7 nitrogen and oxygen atoms in total. The molecular weight excluding hydrogens is 262 g/mol. The lowest BCUT2D eigenvalue weighted by Crippen LogP contribution is -2.43. The average molecular weight is 279 g/mol. The van der Waals surface area contributed by atoms with Crippen molar-refractivity contribution in [2.75, 3.05) is 26.3 Å². The van der Waals surface area contributed by atoms with Crippen molar-refractivity contribution in [2.45, 2.75) is 13.0 Å². The van der Waals surface area contributed by atoms with Gasteiger partial charge in [-0.1, -0.05) is 0 Å². The molecule has 0 saturated carbocycles. The summed E-state index contributed by atoms with van der Waals surface area (Å²) in [5.74, 6) is 0.724. The van der Waals surface area contributed by atoms with Crippen LogP contribution in [0.3, 0.4) is 0 Å². The molecule has 1 aliphatic heterocycles. The van der Waals surface area contributed by atoms with Crippen LogP contribution in [0.15, 0.2) is 23.3 Å². The predicted octanol–water partition coefficient (Wildman–Crippen LogP) is 1.12. The van der Waals surface area contributed by atoms with Crippen LogP contribution in [-0.2, 0) is 4.79 Å². The van der Waals surface area contributed by atoms with E-state index >= 15 is 0 Å². The number of hydrazone groups is 1. The van der Waals surface area contributed by atoms with Crippen LogP contribution in [0.2, 0.25) is 0 Å². The molecule has 1 unspecified atom stereocenters. The maximum Gasteiger partial charge on any atom is 0.273 e. The molecule has 0 radical (unpaired) electrons. The third-order valence-electron chi connectivity index (χ3n) is 3.13. The number of hydroxylamine groups is 1. The number of carbonyl (C=O) groups is 1. The number of ether oxygens (including phenoxy) is 2. The number of hydrogen-bond donors (Lipinski definition) is 1. The SMILES string of the molecule is COc1ccc(N(O)C2C(=O)N(C)N=C2C)cc1OC. The second kappa shape index (κ2) is 5.38. The van der Waals surface area contributed by atoms with Gasteiger partial charge in [-0.15, -0.1) is 0 Å². The molecule has 1 aromatic carbocycles. The van der Waals surface area contributed by atoms with Crippen molar-refractivity contribution in [3.05, 3.63) is 18.2 Å². The van der Waals surface area contributed by atoms with Crippen LogP contribution >= 0.6 is 0 Å². The number of likely N-dealkylation sites (N-methyl/N-ethyl adjacent to an activating group) is 1. The summed E-state index contributed by atoms with van der Waals surface area (Å²) in [6, 6.07) is 4.07. The Hall–Kier alpha value is -2.28. The van der Waals surface area contributed by atoms with Gasteiger partial charge >= 0.3 is 0 Å². The number of anilines is 1. The van der Waals surface area contributed by atoms with E-state index in [9.17, 15) is 10.0 Å². The zero-order valence-corrected chi connectivity index (χ0v) is 11.8. The molecule has 1 heterocycles. The summed E-state index contributed by atoms with van der Waals surface area (Å²) in [6.45, 7) is 1.69. The van der Waals surface area contributed by atoms with E-state index in [1.54, 1.807) is 32.2 Å². The molecule has 7 heteroatoms. The van der Waals surface area contributed by atoms with Crippen LogP contribution in [0, 0.1) is 0 Å². The molecule has 20 heavy (non-hydrogen) atoms. The van der Waals surface area contributed by atoms with Crippen molar-refractivity contribution in [3.63, 3.8) is 0 Å². The lowest BCUT2D eigenvalue weighted by molar-refractivity contribution is -0.129. The standard InChI is InChI=1S/C13H17N3O4/c1-8-12(13(17)15(2)14-8)16(18)9-5-6-10(19-3)11(7-9)20-4/h5-7,12,18H,1-4H3. The Morgan fingerprint density at radius 1 is 1.30 bits per heavy atom. The van der Waals surface area contributed by atoms with Crippen LogP contribution in [-0.4, -0.2) is 49.1 Å². The molecular formula is C13H17N3O4. The number of hydrogen-bond acceptors (Lipinski definition) is 6. The molecule has 1 N–H and O–H groups in total. The number of nitrogens with zero attached hydrogens (tertiary/aromatic N) is 3. The monoisotopic (exact) mass is 279 g/mol. The molecule has 1 aliphatic rings. The minimum absolute atomic E-state index is 0.292. The maximum atomic E-state index is 12.0. The third-order valence-corrected chi connectivity index (χ3v) is 3.13. The van der Waals surface area contributed by atoms with E-state index in [1.807, 2.05) is 0 Å². The fourth-order valence-electron chi connectivity index (χ4n) is 2.09. The van der Waals surface area contributed by atoms with Crippen LogP contribution in [0.5, 0.6) is 11.5 Å². The lowest BCUT2D eigenvalue weighted by atomic mass is 10.1. The molecule has 0 aromatic heterocycles. The average Bonchev–Trinajstić information content (AvgIpc) is 2.70. The lowest BCUT2D eigenvalue weighted by Gasteiger charge is -2.23. The van der Waals surface area contributed by atoms with E-state index in [0.29, 0.717) is 22.9 Å². The van der Waals surface area contributed by atoms with Gasteiger partial charge in [0.1, 0.15) is 0 Å². The molecule has 2 rings (SSSR count). The Kier molecular flexibility index (Phi) is 3.80.